The van der Waals surface area contributed by atoms with Gasteiger partial charge in [-0.2, -0.15) is 0 Å². The summed E-state index contributed by atoms with van der Waals surface area (Å²) in [5, 5.41) is 7.30. The van der Waals surface area contributed by atoms with Crippen LogP contribution in [0.3, 0.4) is 0 Å². The van der Waals surface area contributed by atoms with Gasteiger partial charge >= 0.3 is 0 Å². The molecule has 0 aromatic heterocycles. The topological polar surface area (TPSA) is 66.0 Å². The summed E-state index contributed by atoms with van der Waals surface area (Å²) in [5.74, 6) is 1.05. The van der Waals surface area contributed by atoms with Crippen molar-refractivity contribution in [3.8, 4) is 0 Å². The summed E-state index contributed by atoms with van der Waals surface area (Å²) in [6, 6.07) is 7.67. The third kappa shape index (κ3) is 9.53. The number of halogens is 2. The first-order valence-electron chi connectivity index (χ1n) is 10.2. The molecule has 1 aromatic carbocycles. The number of hydrogen-bond acceptors (Lipinski definition) is 3. The number of methoxy groups -OCH3 is 1. The van der Waals surface area contributed by atoms with E-state index in [1.54, 1.807) is 7.11 Å². The van der Waals surface area contributed by atoms with Gasteiger partial charge in [0.25, 0.3) is 0 Å². The molecule has 2 rings (SSSR count). The molecular formula is C21H34ClIN4O2. The van der Waals surface area contributed by atoms with Crippen molar-refractivity contribution >= 4 is 47.4 Å². The average molecular weight is 537 g/mol. The summed E-state index contributed by atoms with van der Waals surface area (Å²) in [6.07, 6.45) is 4.75. The van der Waals surface area contributed by atoms with Gasteiger partial charge in [0, 0.05) is 44.7 Å². The van der Waals surface area contributed by atoms with Gasteiger partial charge in [0.2, 0.25) is 5.91 Å². The first kappa shape index (κ1) is 26.0. The summed E-state index contributed by atoms with van der Waals surface area (Å²) >= 11 is 6.08. The number of benzene rings is 1. The molecule has 1 atom stereocenters. The van der Waals surface area contributed by atoms with Gasteiger partial charge in [-0.05, 0) is 43.9 Å². The summed E-state index contributed by atoms with van der Waals surface area (Å²) in [6.45, 7) is 5.78. The zero-order valence-electron chi connectivity index (χ0n) is 17.5. The van der Waals surface area contributed by atoms with E-state index in [0.717, 1.165) is 63.4 Å². The van der Waals surface area contributed by atoms with Crippen LogP contribution in [0.15, 0.2) is 29.3 Å². The number of guanidine groups is 1. The molecule has 1 saturated heterocycles. The Balaban J connectivity index is 0.00000420. The highest BCUT2D eigenvalue weighted by atomic mass is 127. The molecule has 1 aromatic rings. The van der Waals surface area contributed by atoms with Gasteiger partial charge in [-0.3, -0.25) is 9.79 Å². The van der Waals surface area contributed by atoms with E-state index in [0.29, 0.717) is 23.9 Å². The number of rotatable bonds is 9. The van der Waals surface area contributed by atoms with E-state index < -0.39 is 0 Å². The lowest BCUT2D eigenvalue weighted by molar-refractivity contribution is -0.130. The summed E-state index contributed by atoms with van der Waals surface area (Å²) in [5.41, 5.74) is 1.01. The van der Waals surface area contributed by atoms with Gasteiger partial charge in [0.1, 0.15) is 6.10 Å². The maximum atomic E-state index is 12.1. The minimum atomic E-state index is -0.149. The number of likely N-dealkylation sites (tertiary alicyclic amines) is 1. The Kier molecular flexibility index (Phi) is 13.3. The predicted molar refractivity (Wildman–Crippen MR) is 130 cm³/mol. The maximum absolute atomic E-state index is 12.1. The number of amides is 1. The van der Waals surface area contributed by atoms with Crippen LogP contribution in [-0.4, -0.2) is 56.6 Å². The number of hydrogen-bond donors (Lipinski definition) is 2. The number of nitrogens with zero attached hydrogens (tertiary/aromatic N) is 2. The van der Waals surface area contributed by atoms with Crippen molar-refractivity contribution in [1.29, 1.82) is 0 Å². The largest absolute Gasteiger partial charge is 0.375 e. The molecule has 0 saturated carbocycles. The van der Waals surface area contributed by atoms with Gasteiger partial charge in [0.05, 0.1) is 6.54 Å². The fourth-order valence-electron chi connectivity index (χ4n) is 3.29. The van der Waals surface area contributed by atoms with Crippen molar-refractivity contribution in [2.45, 2.75) is 45.1 Å². The van der Waals surface area contributed by atoms with Crippen LogP contribution in [0.5, 0.6) is 0 Å². The Hall–Kier alpha value is -1.06. The fraction of sp³-hybridized carbons (Fsp3) is 0.619. The second-order valence-electron chi connectivity index (χ2n) is 6.97. The summed E-state index contributed by atoms with van der Waals surface area (Å²) in [7, 11) is 1.68. The van der Waals surface area contributed by atoms with Crippen LogP contribution >= 0.6 is 35.6 Å². The molecule has 1 aliphatic rings. The zero-order chi connectivity index (χ0) is 20.2. The molecule has 1 amide bonds. The SMILES string of the molecule is CCNC(=NCC(OC)c1cccc(Cl)c1)NCCCN1CCCCCC1=O.I. The van der Waals surface area contributed by atoms with Crippen molar-refractivity contribution < 1.29 is 9.53 Å². The lowest BCUT2D eigenvalue weighted by Crippen LogP contribution is -2.39. The van der Waals surface area contributed by atoms with Crippen molar-refractivity contribution in [1.82, 2.24) is 15.5 Å². The van der Waals surface area contributed by atoms with E-state index in [1.165, 1.54) is 0 Å². The molecule has 29 heavy (non-hydrogen) atoms. The molecule has 164 valence electrons. The molecular weight excluding hydrogens is 503 g/mol. The second kappa shape index (κ2) is 14.8. The van der Waals surface area contributed by atoms with E-state index in [9.17, 15) is 4.79 Å². The summed E-state index contributed by atoms with van der Waals surface area (Å²) < 4.78 is 5.58. The summed E-state index contributed by atoms with van der Waals surface area (Å²) in [4.78, 5) is 18.7. The molecule has 1 unspecified atom stereocenters. The van der Waals surface area contributed by atoms with E-state index >= 15 is 0 Å². The molecule has 0 spiro atoms. The van der Waals surface area contributed by atoms with Crippen LogP contribution in [0.25, 0.3) is 0 Å². The van der Waals surface area contributed by atoms with Gasteiger partial charge in [-0.25, -0.2) is 0 Å². The average Bonchev–Trinajstić information content (AvgIpc) is 2.89. The van der Waals surface area contributed by atoms with Crippen molar-refractivity contribution in [3.63, 3.8) is 0 Å². The predicted octanol–water partition coefficient (Wildman–Crippen LogP) is 3.99. The van der Waals surface area contributed by atoms with Crippen LogP contribution in [-0.2, 0) is 9.53 Å². The van der Waals surface area contributed by atoms with Gasteiger partial charge in [-0.1, -0.05) is 30.2 Å². The first-order valence-corrected chi connectivity index (χ1v) is 10.6. The maximum Gasteiger partial charge on any atom is 0.222 e. The Morgan fingerprint density at radius 1 is 1.31 bits per heavy atom. The molecule has 1 aliphatic heterocycles. The normalized spacial score (nSPS) is 16.0. The Labute approximate surface area is 196 Å². The highest BCUT2D eigenvalue weighted by molar-refractivity contribution is 14.0. The molecule has 1 heterocycles. The molecule has 8 heteroatoms. The zero-order valence-corrected chi connectivity index (χ0v) is 20.5. The molecule has 2 N–H and O–H groups in total. The molecule has 0 aliphatic carbocycles. The highest BCUT2D eigenvalue weighted by Gasteiger charge is 2.16. The van der Waals surface area contributed by atoms with E-state index in [-0.39, 0.29) is 30.1 Å². The van der Waals surface area contributed by atoms with Crippen LogP contribution < -0.4 is 10.6 Å². The highest BCUT2D eigenvalue weighted by Crippen LogP contribution is 2.20. The number of ether oxygens (including phenoxy) is 1. The van der Waals surface area contributed by atoms with E-state index in [2.05, 4.69) is 15.6 Å². The quantitative estimate of drug-likeness (QED) is 0.217. The molecule has 0 bridgehead atoms. The van der Waals surface area contributed by atoms with Crippen LogP contribution in [0.4, 0.5) is 0 Å². The van der Waals surface area contributed by atoms with Crippen LogP contribution in [0.1, 0.15) is 50.7 Å². The Morgan fingerprint density at radius 3 is 2.86 bits per heavy atom. The number of aliphatic imine (C=N–C) groups is 1. The van der Waals surface area contributed by atoms with Crippen LogP contribution in [0.2, 0.25) is 5.02 Å². The second-order valence-corrected chi connectivity index (χ2v) is 7.41. The standard InChI is InChI=1S/C21H33ClN4O2.HI/c1-3-23-21(24-12-8-14-26-13-6-4-5-11-20(26)27)25-16-19(28-2)17-9-7-10-18(22)15-17;/h7,9-10,15,19H,3-6,8,11-14,16H2,1-2H3,(H2,23,24,25);1H. The van der Waals surface area contributed by atoms with Crippen LogP contribution in [0, 0.1) is 0 Å². The molecule has 0 radical (unpaired) electrons. The monoisotopic (exact) mass is 536 g/mol. The number of nitrogens with one attached hydrogen (secondary N) is 2. The minimum absolute atomic E-state index is 0. The minimum Gasteiger partial charge on any atom is -0.375 e. The van der Waals surface area contributed by atoms with Crippen molar-refractivity contribution in [2.75, 3.05) is 39.8 Å². The third-order valence-electron chi connectivity index (χ3n) is 4.83. The smallest absolute Gasteiger partial charge is 0.222 e. The molecule has 1 fully saturated rings. The Bertz CT molecular complexity index is 645. The Morgan fingerprint density at radius 2 is 2.14 bits per heavy atom. The lowest BCUT2D eigenvalue weighted by atomic mass is 10.1. The van der Waals surface area contributed by atoms with Gasteiger partial charge < -0.3 is 20.3 Å². The van der Waals surface area contributed by atoms with Gasteiger partial charge in [-0.15, -0.1) is 24.0 Å². The van der Waals surface area contributed by atoms with Gasteiger partial charge in [0.15, 0.2) is 5.96 Å². The van der Waals surface area contributed by atoms with E-state index in [1.807, 2.05) is 36.1 Å². The lowest BCUT2D eigenvalue weighted by Gasteiger charge is -2.21. The number of carbonyl (C=O) groups excluding carboxylic acids is 1. The fourth-order valence-corrected chi connectivity index (χ4v) is 3.49. The van der Waals surface area contributed by atoms with E-state index in [4.69, 9.17) is 16.3 Å². The first-order chi connectivity index (χ1) is 13.6. The van der Waals surface area contributed by atoms with Crippen molar-refractivity contribution in [3.05, 3.63) is 34.9 Å². The third-order valence-corrected chi connectivity index (χ3v) is 5.07. The number of carbonyl (C=O) groups is 1. The molecule has 6 nitrogen and oxygen atoms in total. The van der Waals surface area contributed by atoms with Crippen molar-refractivity contribution in [2.24, 2.45) is 4.99 Å².